The van der Waals surface area contributed by atoms with Gasteiger partial charge in [-0.15, -0.1) is 10.2 Å². The molecule has 0 aliphatic heterocycles. The fourth-order valence-electron chi connectivity index (χ4n) is 1.41. The maximum absolute atomic E-state index is 13.6. The summed E-state index contributed by atoms with van der Waals surface area (Å²) in [6.45, 7) is 0. The van der Waals surface area contributed by atoms with Crippen molar-refractivity contribution >= 4 is 23.7 Å². The molecule has 0 spiro atoms. The van der Waals surface area contributed by atoms with Crippen molar-refractivity contribution in [2.75, 3.05) is 5.73 Å². The smallest absolute Gasteiger partial charge is 0.335 e. The van der Waals surface area contributed by atoms with Crippen LogP contribution in [0.15, 0.2) is 23.4 Å². The van der Waals surface area contributed by atoms with Crippen molar-refractivity contribution in [3.63, 3.8) is 0 Å². The quantitative estimate of drug-likeness (QED) is 0.826. The van der Waals surface area contributed by atoms with Gasteiger partial charge in [0, 0.05) is 12.8 Å². The average molecular weight is 282 g/mol. The van der Waals surface area contributed by atoms with E-state index >= 15 is 0 Å². The Hall–Kier alpha value is -2.09. The maximum atomic E-state index is 13.6. The van der Waals surface area contributed by atoms with Crippen LogP contribution in [-0.4, -0.2) is 25.8 Å². The molecule has 0 atom stereocenters. The number of hydrogen-bond acceptors (Lipinski definition) is 5. The van der Waals surface area contributed by atoms with Crippen molar-refractivity contribution in [1.82, 2.24) is 14.8 Å². The fourth-order valence-corrected chi connectivity index (χ4v) is 2.30. The normalized spacial score (nSPS) is 10.6. The van der Waals surface area contributed by atoms with Gasteiger partial charge in [-0.1, -0.05) is 11.8 Å². The molecule has 0 radical (unpaired) electrons. The highest BCUT2D eigenvalue weighted by molar-refractivity contribution is 7.98. The standard InChI is InChI=1S/C11H11FN4O2S/c1-16-10(13)14-15-11(16)19-5-7-4-6(9(17)18)2-3-8(7)12/h2-4H,5H2,1H3,(H2,13,14)(H,17,18). The molecule has 1 heterocycles. The van der Waals surface area contributed by atoms with Gasteiger partial charge >= 0.3 is 5.97 Å². The van der Waals surface area contributed by atoms with Crippen LogP contribution in [0.1, 0.15) is 15.9 Å². The van der Waals surface area contributed by atoms with E-state index in [0.29, 0.717) is 10.7 Å². The third-order valence-corrected chi connectivity index (χ3v) is 3.59. The topological polar surface area (TPSA) is 94.0 Å². The lowest BCUT2D eigenvalue weighted by Gasteiger charge is -2.04. The Morgan fingerprint density at radius 2 is 2.26 bits per heavy atom. The number of carbonyl (C=O) groups is 1. The third kappa shape index (κ3) is 2.84. The zero-order chi connectivity index (χ0) is 14.0. The Balaban J connectivity index is 2.17. The van der Waals surface area contributed by atoms with Gasteiger partial charge in [0.1, 0.15) is 5.82 Å². The van der Waals surface area contributed by atoms with Crippen LogP contribution in [0.25, 0.3) is 0 Å². The molecule has 0 bridgehead atoms. The van der Waals surface area contributed by atoms with Crippen molar-refractivity contribution in [3.05, 3.63) is 35.1 Å². The van der Waals surface area contributed by atoms with E-state index in [9.17, 15) is 9.18 Å². The summed E-state index contributed by atoms with van der Waals surface area (Å²) >= 11 is 1.23. The number of carboxylic acids is 1. The van der Waals surface area contributed by atoms with Gasteiger partial charge in [0.15, 0.2) is 5.16 Å². The van der Waals surface area contributed by atoms with Crippen molar-refractivity contribution in [3.8, 4) is 0 Å². The number of thioether (sulfide) groups is 1. The lowest BCUT2D eigenvalue weighted by Crippen LogP contribution is -2.00. The summed E-state index contributed by atoms with van der Waals surface area (Å²) in [5.41, 5.74) is 5.88. The molecule has 0 fully saturated rings. The summed E-state index contributed by atoms with van der Waals surface area (Å²) in [5.74, 6) is -1.03. The fraction of sp³-hybridized carbons (Fsp3) is 0.182. The molecule has 0 aliphatic rings. The highest BCUT2D eigenvalue weighted by Crippen LogP contribution is 2.23. The van der Waals surface area contributed by atoms with E-state index in [4.69, 9.17) is 10.8 Å². The van der Waals surface area contributed by atoms with Gasteiger partial charge in [0.05, 0.1) is 5.56 Å². The second-order valence-electron chi connectivity index (χ2n) is 3.80. The zero-order valence-corrected chi connectivity index (χ0v) is 10.8. The highest BCUT2D eigenvalue weighted by Gasteiger charge is 2.11. The molecule has 0 saturated carbocycles. The summed E-state index contributed by atoms with van der Waals surface area (Å²) in [6, 6.07) is 3.68. The molecule has 8 heteroatoms. The van der Waals surface area contributed by atoms with E-state index in [-0.39, 0.29) is 17.3 Å². The predicted octanol–water partition coefficient (Wildman–Crippen LogP) is 1.53. The van der Waals surface area contributed by atoms with Crippen molar-refractivity contribution in [2.45, 2.75) is 10.9 Å². The van der Waals surface area contributed by atoms with Crippen LogP contribution in [0, 0.1) is 5.82 Å². The average Bonchev–Trinajstić information content (AvgIpc) is 2.69. The van der Waals surface area contributed by atoms with Gasteiger partial charge in [-0.05, 0) is 23.8 Å². The number of anilines is 1. The number of nitrogens with two attached hydrogens (primary N) is 1. The molecule has 0 unspecified atom stereocenters. The molecule has 100 valence electrons. The van der Waals surface area contributed by atoms with Crippen LogP contribution in [0.3, 0.4) is 0 Å². The molecular weight excluding hydrogens is 271 g/mol. The first-order valence-corrected chi connectivity index (χ1v) is 6.27. The molecule has 6 nitrogen and oxygen atoms in total. The van der Waals surface area contributed by atoms with Gasteiger partial charge in [-0.3, -0.25) is 4.57 Å². The summed E-state index contributed by atoms with van der Waals surface area (Å²) in [5, 5.41) is 16.9. The first-order valence-electron chi connectivity index (χ1n) is 5.28. The molecular formula is C11H11FN4O2S. The van der Waals surface area contributed by atoms with Crippen molar-refractivity contribution < 1.29 is 14.3 Å². The lowest BCUT2D eigenvalue weighted by atomic mass is 10.1. The van der Waals surface area contributed by atoms with E-state index in [1.807, 2.05) is 0 Å². The van der Waals surface area contributed by atoms with Crippen LogP contribution in [0.4, 0.5) is 10.3 Å². The molecule has 1 aromatic heterocycles. The minimum absolute atomic E-state index is 0.0504. The van der Waals surface area contributed by atoms with Gasteiger partial charge in [0.25, 0.3) is 0 Å². The molecule has 0 amide bonds. The minimum Gasteiger partial charge on any atom is -0.478 e. The van der Waals surface area contributed by atoms with E-state index < -0.39 is 11.8 Å². The molecule has 1 aromatic carbocycles. The highest BCUT2D eigenvalue weighted by atomic mass is 32.2. The summed E-state index contributed by atoms with van der Waals surface area (Å²) in [7, 11) is 1.70. The van der Waals surface area contributed by atoms with Crippen LogP contribution in [0.2, 0.25) is 0 Å². The van der Waals surface area contributed by atoms with Crippen molar-refractivity contribution in [2.24, 2.45) is 7.05 Å². The zero-order valence-electron chi connectivity index (χ0n) is 10.00. The number of nitrogens with zero attached hydrogens (tertiary/aromatic N) is 3. The summed E-state index contributed by atoms with van der Waals surface area (Å²) < 4.78 is 15.1. The number of aromatic carboxylic acids is 1. The molecule has 2 aromatic rings. The molecule has 2 rings (SSSR count). The van der Waals surface area contributed by atoms with Gasteiger partial charge in [0.2, 0.25) is 5.95 Å². The van der Waals surface area contributed by atoms with Crippen LogP contribution in [0.5, 0.6) is 0 Å². The first-order chi connectivity index (χ1) is 8.99. The number of halogens is 1. The minimum atomic E-state index is -1.09. The number of benzene rings is 1. The van der Waals surface area contributed by atoms with E-state index in [2.05, 4.69) is 10.2 Å². The third-order valence-electron chi connectivity index (χ3n) is 2.52. The number of aromatic nitrogens is 3. The number of hydrogen-bond donors (Lipinski definition) is 2. The Kier molecular flexibility index (Phi) is 3.70. The predicted molar refractivity (Wildman–Crippen MR) is 68.3 cm³/mol. The maximum Gasteiger partial charge on any atom is 0.335 e. The largest absolute Gasteiger partial charge is 0.478 e. The van der Waals surface area contributed by atoms with E-state index in [0.717, 1.165) is 6.07 Å². The van der Waals surface area contributed by atoms with E-state index in [1.165, 1.54) is 23.9 Å². The van der Waals surface area contributed by atoms with E-state index in [1.54, 1.807) is 11.6 Å². The molecule has 0 saturated heterocycles. The summed E-state index contributed by atoms with van der Waals surface area (Å²) in [4.78, 5) is 10.8. The second-order valence-corrected chi connectivity index (χ2v) is 4.74. The second kappa shape index (κ2) is 5.27. The molecule has 0 aliphatic carbocycles. The lowest BCUT2D eigenvalue weighted by molar-refractivity contribution is 0.0696. The molecule has 19 heavy (non-hydrogen) atoms. The Bertz CT molecular complexity index is 629. The number of nitrogen functional groups attached to an aromatic ring is 1. The number of carboxylic acid groups (broad SMARTS) is 1. The Labute approximate surface area is 112 Å². The van der Waals surface area contributed by atoms with Gasteiger partial charge in [-0.2, -0.15) is 0 Å². The summed E-state index contributed by atoms with van der Waals surface area (Å²) in [6.07, 6.45) is 0. The van der Waals surface area contributed by atoms with Gasteiger partial charge < -0.3 is 10.8 Å². The Morgan fingerprint density at radius 1 is 1.53 bits per heavy atom. The molecule has 3 N–H and O–H groups in total. The Morgan fingerprint density at radius 3 is 2.84 bits per heavy atom. The SMILES string of the molecule is Cn1c(N)nnc1SCc1cc(C(=O)O)ccc1F. The van der Waals surface area contributed by atoms with Crippen LogP contribution < -0.4 is 5.73 Å². The van der Waals surface area contributed by atoms with Gasteiger partial charge in [-0.25, -0.2) is 9.18 Å². The number of rotatable bonds is 4. The first kappa shape index (κ1) is 13.3. The van der Waals surface area contributed by atoms with Crippen molar-refractivity contribution in [1.29, 1.82) is 0 Å². The van der Waals surface area contributed by atoms with Crippen LogP contribution >= 0.6 is 11.8 Å². The monoisotopic (exact) mass is 282 g/mol. The van der Waals surface area contributed by atoms with Crippen LogP contribution in [-0.2, 0) is 12.8 Å².